The Hall–Kier alpha value is -1.53. The maximum Gasteiger partial charge on any atom is 0.171 e. The number of nitrogens with two attached hydrogens (primary N) is 1. The molecule has 2 rings (SSSR count). The van der Waals surface area contributed by atoms with E-state index >= 15 is 0 Å². The zero-order valence-corrected chi connectivity index (χ0v) is 14.6. The van der Waals surface area contributed by atoms with E-state index in [-0.39, 0.29) is 5.84 Å². The molecule has 21 heavy (non-hydrogen) atoms. The van der Waals surface area contributed by atoms with Gasteiger partial charge in [0.15, 0.2) is 5.84 Å². The maximum atomic E-state index is 8.74. The van der Waals surface area contributed by atoms with Crippen LogP contribution in [-0.2, 0) is 6.54 Å². The summed E-state index contributed by atoms with van der Waals surface area (Å²) < 4.78 is 1.87. The molecule has 4 nitrogen and oxygen atoms in total. The number of benzene rings is 2. The summed E-state index contributed by atoms with van der Waals surface area (Å²) in [6, 6.07) is 13.8. The molecule has 0 aromatic heterocycles. The van der Waals surface area contributed by atoms with E-state index in [2.05, 4.69) is 48.0 Å². The molecule has 0 bridgehead atoms. The minimum Gasteiger partial charge on any atom is -0.409 e. The number of amidine groups is 1. The average molecular weight is 413 g/mol. The first-order valence-electron chi connectivity index (χ1n) is 6.25. The van der Waals surface area contributed by atoms with Crippen LogP contribution >= 0.6 is 31.9 Å². The smallest absolute Gasteiger partial charge is 0.171 e. The summed E-state index contributed by atoms with van der Waals surface area (Å²) in [6.45, 7) is 0.775. The first-order chi connectivity index (χ1) is 10.0. The molecule has 2 aromatic carbocycles. The highest BCUT2D eigenvalue weighted by Crippen LogP contribution is 2.26. The first kappa shape index (κ1) is 15.9. The summed E-state index contributed by atoms with van der Waals surface area (Å²) in [5, 5.41) is 11.8. The summed E-state index contributed by atoms with van der Waals surface area (Å²) in [5.74, 6) is 0.0851. The van der Waals surface area contributed by atoms with Gasteiger partial charge in [0.1, 0.15) is 0 Å². The topological polar surface area (TPSA) is 61.8 Å². The minimum absolute atomic E-state index is 0.0851. The molecule has 0 saturated carbocycles. The third-order valence-corrected chi connectivity index (χ3v) is 4.57. The van der Waals surface area contributed by atoms with Crippen LogP contribution in [-0.4, -0.2) is 18.1 Å². The van der Waals surface area contributed by atoms with Crippen molar-refractivity contribution in [2.75, 3.05) is 11.9 Å². The molecular formula is C15H15Br2N3O. The van der Waals surface area contributed by atoms with Gasteiger partial charge in [0.2, 0.25) is 0 Å². The van der Waals surface area contributed by atoms with Crippen LogP contribution in [0.25, 0.3) is 0 Å². The Balaban J connectivity index is 2.22. The van der Waals surface area contributed by atoms with Crippen LogP contribution in [0.4, 0.5) is 5.69 Å². The SMILES string of the molecule is CN(Cc1ccccc1Br)c1ccc(/C(N)=N/O)c(Br)c1. The quantitative estimate of drug-likeness (QED) is 0.346. The van der Waals surface area contributed by atoms with Crippen LogP contribution in [0.2, 0.25) is 0 Å². The molecule has 2 aromatic rings. The second-order valence-electron chi connectivity index (χ2n) is 4.60. The number of anilines is 1. The molecule has 0 radical (unpaired) electrons. The molecule has 6 heteroatoms. The molecule has 0 saturated heterocycles. The lowest BCUT2D eigenvalue weighted by molar-refractivity contribution is 0.318. The van der Waals surface area contributed by atoms with Gasteiger partial charge in [-0.05, 0) is 45.8 Å². The van der Waals surface area contributed by atoms with E-state index in [9.17, 15) is 0 Å². The molecule has 0 heterocycles. The van der Waals surface area contributed by atoms with Crippen LogP contribution in [0.3, 0.4) is 0 Å². The molecule has 0 spiro atoms. The van der Waals surface area contributed by atoms with Gasteiger partial charge in [-0.1, -0.05) is 39.3 Å². The fourth-order valence-electron chi connectivity index (χ4n) is 1.98. The van der Waals surface area contributed by atoms with E-state index < -0.39 is 0 Å². The van der Waals surface area contributed by atoms with Gasteiger partial charge in [0, 0.05) is 33.8 Å². The molecule has 3 N–H and O–H groups in total. The van der Waals surface area contributed by atoms with Crippen LogP contribution in [0.5, 0.6) is 0 Å². The summed E-state index contributed by atoms with van der Waals surface area (Å²) in [7, 11) is 2.02. The van der Waals surface area contributed by atoms with E-state index in [1.807, 2.05) is 43.4 Å². The highest BCUT2D eigenvalue weighted by molar-refractivity contribution is 9.10. The van der Waals surface area contributed by atoms with E-state index in [0.29, 0.717) is 5.56 Å². The Kier molecular flexibility index (Phi) is 5.25. The number of hydrogen-bond donors (Lipinski definition) is 2. The highest BCUT2D eigenvalue weighted by atomic mass is 79.9. The van der Waals surface area contributed by atoms with E-state index in [1.54, 1.807) is 0 Å². The third-order valence-electron chi connectivity index (χ3n) is 3.14. The van der Waals surface area contributed by atoms with E-state index in [0.717, 1.165) is 21.2 Å². The largest absolute Gasteiger partial charge is 0.409 e. The summed E-state index contributed by atoms with van der Waals surface area (Å²) >= 11 is 7.00. The molecule has 0 unspecified atom stereocenters. The lowest BCUT2D eigenvalue weighted by Crippen LogP contribution is -2.18. The zero-order chi connectivity index (χ0) is 15.4. The van der Waals surface area contributed by atoms with Gasteiger partial charge >= 0.3 is 0 Å². The lowest BCUT2D eigenvalue weighted by Gasteiger charge is -2.21. The minimum atomic E-state index is 0.0851. The number of hydrogen-bond acceptors (Lipinski definition) is 3. The van der Waals surface area contributed by atoms with Crippen molar-refractivity contribution >= 4 is 43.4 Å². The highest BCUT2D eigenvalue weighted by Gasteiger charge is 2.09. The number of rotatable bonds is 4. The molecule has 0 amide bonds. The van der Waals surface area contributed by atoms with Crippen molar-refractivity contribution in [3.05, 3.63) is 62.5 Å². The lowest BCUT2D eigenvalue weighted by atomic mass is 10.1. The summed E-state index contributed by atoms with van der Waals surface area (Å²) in [5.41, 5.74) is 8.52. The van der Waals surface area contributed by atoms with Crippen LogP contribution < -0.4 is 10.6 Å². The Morgan fingerprint density at radius 2 is 1.90 bits per heavy atom. The Morgan fingerprint density at radius 1 is 1.19 bits per heavy atom. The van der Waals surface area contributed by atoms with Gasteiger partial charge in [-0.3, -0.25) is 0 Å². The predicted octanol–water partition coefficient (Wildman–Crippen LogP) is 3.94. The van der Waals surface area contributed by atoms with Crippen molar-refractivity contribution in [3.8, 4) is 0 Å². The number of oxime groups is 1. The third kappa shape index (κ3) is 3.77. The molecule has 0 atom stereocenters. The van der Waals surface area contributed by atoms with E-state index in [4.69, 9.17) is 10.9 Å². The zero-order valence-electron chi connectivity index (χ0n) is 11.4. The molecule has 0 fully saturated rings. The van der Waals surface area contributed by atoms with Crippen molar-refractivity contribution in [3.63, 3.8) is 0 Å². The van der Waals surface area contributed by atoms with Crippen molar-refractivity contribution in [1.82, 2.24) is 0 Å². The second-order valence-corrected chi connectivity index (χ2v) is 6.31. The van der Waals surface area contributed by atoms with Gasteiger partial charge in [0.25, 0.3) is 0 Å². The van der Waals surface area contributed by atoms with Gasteiger partial charge < -0.3 is 15.8 Å². The van der Waals surface area contributed by atoms with Crippen molar-refractivity contribution in [2.45, 2.75) is 6.54 Å². The van der Waals surface area contributed by atoms with Gasteiger partial charge in [-0.25, -0.2) is 0 Å². The van der Waals surface area contributed by atoms with Gasteiger partial charge in [0.05, 0.1) is 0 Å². The molecular weight excluding hydrogens is 398 g/mol. The monoisotopic (exact) mass is 411 g/mol. The van der Waals surface area contributed by atoms with Crippen LogP contribution in [0.15, 0.2) is 56.6 Å². The summed E-state index contributed by atoms with van der Waals surface area (Å²) in [4.78, 5) is 2.13. The van der Waals surface area contributed by atoms with Crippen molar-refractivity contribution < 1.29 is 5.21 Å². The van der Waals surface area contributed by atoms with Gasteiger partial charge in [-0.2, -0.15) is 0 Å². The molecule has 0 aliphatic rings. The number of halogens is 2. The first-order valence-corrected chi connectivity index (χ1v) is 7.83. The fraction of sp³-hybridized carbons (Fsp3) is 0.133. The standard InChI is InChI=1S/C15H15Br2N3O/c1-20(9-10-4-2-3-5-13(10)16)11-6-7-12(14(17)8-11)15(18)19-21/h2-8,21H,9H2,1H3,(H2,18,19). The molecule has 0 aliphatic carbocycles. The molecule has 0 aliphatic heterocycles. The van der Waals surface area contributed by atoms with Crippen LogP contribution in [0.1, 0.15) is 11.1 Å². The molecule has 110 valence electrons. The summed E-state index contributed by atoms with van der Waals surface area (Å²) in [6.07, 6.45) is 0. The van der Waals surface area contributed by atoms with Crippen LogP contribution in [0, 0.1) is 0 Å². The maximum absolute atomic E-state index is 8.74. The Morgan fingerprint density at radius 3 is 2.52 bits per heavy atom. The Labute approximate surface area is 140 Å². The predicted molar refractivity (Wildman–Crippen MR) is 92.9 cm³/mol. The Bertz CT molecular complexity index is 674. The normalized spacial score (nSPS) is 11.5. The fourth-order valence-corrected chi connectivity index (χ4v) is 2.96. The number of nitrogens with zero attached hydrogens (tertiary/aromatic N) is 2. The van der Waals surface area contributed by atoms with E-state index in [1.165, 1.54) is 5.56 Å². The average Bonchev–Trinajstić information content (AvgIpc) is 2.48. The van der Waals surface area contributed by atoms with Crippen molar-refractivity contribution in [2.24, 2.45) is 10.9 Å². The van der Waals surface area contributed by atoms with Gasteiger partial charge in [-0.15, -0.1) is 0 Å². The van der Waals surface area contributed by atoms with Crippen molar-refractivity contribution in [1.29, 1.82) is 0 Å². The second kappa shape index (κ2) is 6.95.